The van der Waals surface area contributed by atoms with E-state index in [9.17, 15) is 9.59 Å². The second kappa shape index (κ2) is 10.9. The summed E-state index contributed by atoms with van der Waals surface area (Å²) in [7, 11) is 0. The molecule has 30 heavy (non-hydrogen) atoms. The number of carbonyl (C=O) groups is 2. The van der Waals surface area contributed by atoms with Crippen LogP contribution in [0.5, 0.6) is 0 Å². The van der Waals surface area contributed by atoms with Gasteiger partial charge >= 0.3 is 0 Å². The number of likely N-dealkylation sites (tertiary alicyclic amines) is 1. The van der Waals surface area contributed by atoms with E-state index in [0.29, 0.717) is 16.3 Å². The van der Waals surface area contributed by atoms with Crippen LogP contribution in [0.15, 0.2) is 54.6 Å². The summed E-state index contributed by atoms with van der Waals surface area (Å²) in [5, 5.41) is 6.36. The number of hydrogen-bond donors (Lipinski definition) is 2. The zero-order chi connectivity index (χ0) is 21.3. The number of rotatable bonds is 4. The first-order valence-corrected chi connectivity index (χ1v) is 10.8. The first-order chi connectivity index (χ1) is 14.5. The Morgan fingerprint density at radius 1 is 0.967 bits per heavy atom. The maximum absolute atomic E-state index is 13.0. The highest BCUT2D eigenvalue weighted by Crippen LogP contribution is 2.20. The van der Waals surface area contributed by atoms with Gasteiger partial charge in [-0.3, -0.25) is 14.9 Å². The summed E-state index contributed by atoms with van der Waals surface area (Å²) in [5.74, 6) is -0.379. The van der Waals surface area contributed by atoms with Gasteiger partial charge in [0.15, 0.2) is 5.11 Å². The van der Waals surface area contributed by atoms with E-state index >= 15 is 0 Å². The van der Waals surface area contributed by atoms with Crippen LogP contribution in [0.2, 0.25) is 5.02 Å². The van der Waals surface area contributed by atoms with Crippen LogP contribution in [0.4, 0.5) is 5.69 Å². The van der Waals surface area contributed by atoms with Gasteiger partial charge in [0.2, 0.25) is 5.91 Å². The summed E-state index contributed by atoms with van der Waals surface area (Å²) in [5.41, 5.74) is 1.98. The van der Waals surface area contributed by atoms with Crippen LogP contribution in [-0.2, 0) is 4.79 Å². The molecular weight excluding hydrogens is 418 g/mol. The molecule has 0 spiro atoms. The maximum atomic E-state index is 13.0. The molecular formula is C23H24ClN3O2S. The zero-order valence-corrected chi connectivity index (χ0v) is 18.1. The van der Waals surface area contributed by atoms with E-state index in [2.05, 4.69) is 10.6 Å². The Labute approximate surface area is 187 Å². The molecule has 0 unspecified atom stereocenters. The molecule has 1 fully saturated rings. The summed E-state index contributed by atoms with van der Waals surface area (Å²) in [4.78, 5) is 27.0. The number of anilines is 1. The summed E-state index contributed by atoms with van der Waals surface area (Å²) >= 11 is 11.1. The number of thiocarbonyl (C=S) groups is 1. The number of hydrogen-bond acceptors (Lipinski definition) is 3. The normalized spacial score (nSPS) is 14.2. The molecule has 1 heterocycles. The Morgan fingerprint density at radius 3 is 2.33 bits per heavy atom. The largest absolute Gasteiger partial charge is 0.339 e. The number of nitrogens with one attached hydrogen (secondary N) is 2. The zero-order valence-electron chi connectivity index (χ0n) is 16.6. The Morgan fingerprint density at radius 2 is 1.63 bits per heavy atom. The molecule has 2 amide bonds. The highest BCUT2D eigenvalue weighted by atomic mass is 35.5. The number of amides is 2. The van der Waals surface area contributed by atoms with Crippen molar-refractivity contribution >= 4 is 52.5 Å². The molecule has 1 saturated heterocycles. The lowest BCUT2D eigenvalue weighted by molar-refractivity contribution is -0.115. The molecule has 2 aromatic carbocycles. The molecule has 1 aliphatic heterocycles. The molecule has 156 valence electrons. The predicted octanol–water partition coefficient (Wildman–Crippen LogP) is 4.88. The van der Waals surface area contributed by atoms with Gasteiger partial charge in [-0.15, -0.1) is 0 Å². The van der Waals surface area contributed by atoms with Crippen molar-refractivity contribution in [1.82, 2.24) is 10.2 Å². The number of halogens is 1. The fraction of sp³-hybridized carbons (Fsp3) is 0.261. The Bertz CT molecular complexity index is 936. The van der Waals surface area contributed by atoms with Crippen molar-refractivity contribution < 1.29 is 9.59 Å². The average Bonchev–Trinajstić information content (AvgIpc) is 3.03. The highest BCUT2D eigenvalue weighted by molar-refractivity contribution is 7.80. The number of para-hydroxylation sites is 1. The standard InChI is InChI=1S/C23H24ClN3O2S/c24-18-12-9-17(10-13-18)11-14-21(28)26-23(30)25-20-8-4-3-7-19(20)22(29)27-15-5-1-2-6-16-27/h3-4,7-14H,1-2,5-6,15-16H2,(H2,25,26,28,30)/b14-11+. The van der Waals surface area contributed by atoms with E-state index in [1.54, 1.807) is 30.3 Å². The molecule has 0 atom stereocenters. The van der Waals surface area contributed by atoms with Crippen LogP contribution in [0.25, 0.3) is 6.08 Å². The molecule has 5 nitrogen and oxygen atoms in total. The summed E-state index contributed by atoms with van der Waals surface area (Å²) < 4.78 is 0. The lowest BCUT2D eigenvalue weighted by Gasteiger charge is -2.22. The third kappa shape index (κ3) is 6.40. The topological polar surface area (TPSA) is 61.4 Å². The lowest BCUT2D eigenvalue weighted by atomic mass is 10.1. The van der Waals surface area contributed by atoms with Gasteiger partial charge in [0.05, 0.1) is 11.3 Å². The van der Waals surface area contributed by atoms with Crippen molar-refractivity contribution in [3.63, 3.8) is 0 Å². The van der Waals surface area contributed by atoms with Gasteiger partial charge in [-0.05, 0) is 61.0 Å². The molecule has 7 heteroatoms. The third-order valence-corrected chi connectivity index (χ3v) is 5.29. The van der Waals surface area contributed by atoms with Crippen LogP contribution in [0, 0.1) is 0 Å². The van der Waals surface area contributed by atoms with Gasteiger partial charge in [-0.25, -0.2) is 0 Å². The molecule has 2 N–H and O–H groups in total. The van der Waals surface area contributed by atoms with Crippen LogP contribution in [-0.4, -0.2) is 34.9 Å². The van der Waals surface area contributed by atoms with Crippen molar-refractivity contribution in [2.24, 2.45) is 0 Å². The minimum atomic E-state index is -0.362. The minimum absolute atomic E-state index is 0.0169. The van der Waals surface area contributed by atoms with E-state index in [1.807, 2.05) is 29.2 Å². The van der Waals surface area contributed by atoms with Gasteiger partial charge in [0.25, 0.3) is 5.91 Å². The van der Waals surface area contributed by atoms with Gasteiger partial charge in [0.1, 0.15) is 0 Å². The second-order valence-corrected chi connectivity index (χ2v) is 7.92. The van der Waals surface area contributed by atoms with Gasteiger partial charge in [-0.2, -0.15) is 0 Å². The monoisotopic (exact) mass is 441 g/mol. The molecule has 0 bridgehead atoms. The third-order valence-electron chi connectivity index (χ3n) is 4.83. The molecule has 0 aromatic heterocycles. The van der Waals surface area contributed by atoms with Crippen molar-refractivity contribution in [3.05, 3.63) is 70.8 Å². The lowest BCUT2D eigenvalue weighted by Crippen LogP contribution is -2.35. The van der Waals surface area contributed by atoms with Gasteiger partial charge in [0, 0.05) is 24.2 Å². The van der Waals surface area contributed by atoms with E-state index in [-0.39, 0.29) is 16.9 Å². The van der Waals surface area contributed by atoms with Crippen molar-refractivity contribution in [2.45, 2.75) is 25.7 Å². The minimum Gasteiger partial charge on any atom is -0.339 e. The molecule has 0 aliphatic carbocycles. The smallest absolute Gasteiger partial charge is 0.255 e. The fourth-order valence-corrected chi connectivity index (χ4v) is 3.61. The first kappa shape index (κ1) is 22.0. The van der Waals surface area contributed by atoms with Crippen LogP contribution in [0.3, 0.4) is 0 Å². The van der Waals surface area contributed by atoms with Crippen LogP contribution < -0.4 is 10.6 Å². The van der Waals surface area contributed by atoms with E-state index in [0.717, 1.165) is 44.3 Å². The predicted molar refractivity (Wildman–Crippen MR) is 126 cm³/mol. The quantitative estimate of drug-likeness (QED) is 0.524. The van der Waals surface area contributed by atoms with Gasteiger partial charge in [-0.1, -0.05) is 48.7 Å². The van der Waals surface area contributed by atoms with Crippen molar-refractivity contribution in [2.75, 3.05) is 18.4 Å². The van der Waals surface area contributed by atoms with Crippen LogP contribution in [0.1, 0.15) is 41.6 Å². The fourth-order valence-electron chi connectivity index (χ4n) is 3.28. The summed E-state index contributed by atoms with van der Waals surface area (Å²) in [6, 6.07) is 14.3. The first-order valence-electron chi connectivity index (χ1n) is 9.97. The summed E-state index contributed by atoms with van der Waals surface area (Å²) in [6.07, 6.45) is 7.43. The maximum Gasteiger partial charge on any atom is 0.255 e. The molecule has 0 radical (unpaired) electrons. The second-order valence-electron chi connectivity index (χ2n) is 7.08. The van der Waals surface area contributed by atoms with E-state index < -0.39 is 0 Å². The Hall–Kier alpha value is -2.70. The Kier molecular flexibility index (Phi) is 7.99. The van der Waals surface area contributed by atoms with Crippen LogP contribution >= 0.6 is 23.8 Å². The van der Waals surface area contributed by atoms with Gasteiger partial charge < -0.3 is 10.2 Å². The molecule has 1 aliphatic rings. The van der Waals surface area contributed by atoms with E-state index in [4.69, 9.17) is 23.8 Å². The molecule has 2 aromatic rings. The summed E-state index contributed by atoms with van der Waals surface area (Å²) in [6.45, 7) is 1.54. The number of benzene rings is 2. The number of carbonyl (C=O) groups excluding carboxylic acids is 2. The highest BCUT2D eigenvalue weighted by Gasteiger charge is 2.20. The SMILES string of the molecule is O=C(/C=C/c1ccc(Cl)cc1)NC(=S)Nc1ccccc1C(=O)N1CCCCCC1. The molecule has 3 rings (SSSR count). The molecule has 0 saturated carbocycles. The van der Waals surface area contributed by atoms with E-state index in [1.165, 1.54) is 6.08 Å². The number of nitrogens with zero attached hydrogens (tertiary/aromatic N) is 1. The Balaban J connectivity index is 1.61. The average molecular weight is 442 g/mol. The van der Waals surface area contributed by atoms with Crippen molar-refractivity contribution in [3.8, 4) is 0 Å². The van der Waals surface area contributed by atoms with Crippen molar-refractivity contribution in [1.29, 1.82) is 0 Å².